The number of quaternary nitrogens is 1. The Morgan fingerprint density at radius 1 is 1.10 bits per heavy atom. The summed E-state index contributed by atoms with van der Waals surface area (Å²) in [7, 11) is 0. The Kier molecular flexibility index (Phi) is 6.54. The maximum absolute atomic E-state index is 13.0. The lowest BCUT2D eigenvalue weighted by atomic mass is 10.0. The van der Waals surface area contributed by atoms with Crippen LogP contribution in [0.2, 0.25) is 0 Å². The van der Waals surface area contributed by atoms with Gasteiger partial charge in [-0.2, -0.15) is 0 Å². The molecule has 1 aliphatic heterocycles. The van der Waals surface area contributed by atoms with E-state index in [2.05, 4.69) is 21.2 Å². The highest BCUT2D eigenvalue weighted by atomic mass is 79.9. The van der Waals surface area contributed by atoms with Gasteiger partial charge in [0.15, 0.2) is 0 Å². The molecular weight excluding hydrogens is 430 g/mol. The first-order valence-corrected chi connectivity index (χ1v) is 10.9. The number of nitrogens with zero attached hydrogens (tertiary/aromatic N) is 1. The van der Waals surface area contributed by atoms with Crippen LogP contribution in [-0.2, 0) is 4.74 Å². The molecule has 0 bridgehead atoms. The van der Waals surface area contributed by atoms with Crippen molar-refractivity contribution in [3.63, 3.8) is 0 Å². The number of morpholine rings is 1. The molecule has 29 heavy (non-hydrogen) atoms. The Morgan fingerprint density at radius 2 is 1.86 bits per heavy atom. The molecule has 0 saturated carbocycles. The second kappa shape index (κ2) is 9.48. The van der Waals surface area contributed by atoms with Gasteiger partial charge in [-0.15, -0.1) is 0 Å². The number of amides is 1. The van der Waals surface area contributed by atoms with E-state index in [1.165, 1.54) is 0 Å². The van der Waals surface area contributed by atoms with Gasteiger partial charge in [0.1, 0.15) is 13.1 Å². The van der Waals surface area contributed by atoms with Gasteiger partial charge < -0.3 is 15.0 Å². The standard InChI is InChI=1S/C23H24BrN3O2/c24-18-8-6-17(7-9-18)22-16-20(19-4-1-2-5-21(19)26-22)23(28)25-10-3-11-27-12-14-29-15-13-27/h1-2,4-9,16H,3,10-15H2,(H,25,28)/p+1. The number of halogens is 1. The molecule has 5 nitrogen and oxygen atoms in total. The minimum Gasteiger partial charge on any atom is -0.370 e. The maximum atomic E-state index is 13.0. The molecule has 2 N–H and O–H groups in total. The van der Waals surface area contributed by atoms with Crippen LogP contribution in [0.4, 0.5) is 0 Å². The lowest BCUT2D eigenvalue weighted by Crippen LogP contribution is -3.14. The Bertz CT molecular complexity index is 985. The van der Waals surface area contributed by atoms with Crippen molar-refractivity contribution < 1.29 is 14.4 Å². The number of pyridine rings is 1. The molecule has 0 aliphatic carbocycles. The summed E-state index contributed by atoms with van der Waals surface area (Å²) in [5, 5.41) is 3.98. The number of benzene rings is 2. The predicted octanol–water partition coefficient (Wildman–Crippen LogP) is 2.70. The Balaban J connectivity index is 1.50. The average Bonchev–Trinajstić information content (AvgIpc) is 2.77. The second-order valence-electron chi connectivity index (χ2n) is 7.30. The molecule has 0 unspecified atom stereocenters. The van der Waals surface area contributed by atoms with Gasteiger partial charge >= 0.3 is 0 Å². The molecule has 2 heterocycles. The monoisotopic (exact) mass is 454 g/mol. The van der Waals surface area contributed by atoms with Gasteiger partial charge in [-0.3, -0.25) is 4.79 Å². The normalized spacial score (nSPS) is 14.8. The summed E-state index contributed by atoms with van der Waals surface area (Å²) in [6.45, 7) is 5.52. The quantitative estimate of drug-likeness (QED) is 0.563. The molecule has 1 fully saturated rings. The van der Waals surface area contributed by atoms with Crippen LogP contribution in [0, 0.1) is 0 Å². The number of rotatable bonds is 6. The van der Waals surface area contributed by atoms with Crippen LogP contribution in [0.15, 0.2) is 59.1 Å². The van der Waals surface area contributed by atoms with Gasteiger partial charge in [0, 0.05) is 28.4 Å². The fourth-order valence-corrected chi connectivity index (χ4v) is 3.94. The maximum Gasteiger partial charge on any atom is 0.252 e. The summed E-state index contributed by atoms with van der Waals surface area (Å²) in [4.78, 5) is 19.3. The Morgan fingerprint density at radius 3 is 2.66 bits per heavy atom. The first kappa shape index (κ1) is 20.0. The number of fused-ring (bicyclic) bond motifs is 1. The fourth-order valence-electron chi connectivity index (χ4n) is 3.68. The van der Waals surface area contributed by atoms with Crippen molar-refractivity contribution in [2.75, 3.05) is 39.4 Å². The van der Waals surface area contributed by atoms with Crippen molar-refractivity contribution in [3.05, 3.63) is 64.6 Å². The molecule has 4 rings (SSSR count). The smallest absolute Gasteiger partial charge is 0.252 e. The average molecular weight is 455 g/mol. The molecule has 2 aromatic carbocycles. The zero-order valence-corrected chi connectivity index (χ0v) is 17.9. The number of hydrogen-bond donors (Lipinski definition) is 2. The largest absolute Gasteiger partial charge is 0.370 e. The van der Waals surface area contributed by atoms with E-state index in [4.69, 9.17) is 9.72 Å². The van der Waals surface area contributed by atoms with Crippen molar-refractivity contribution in [2.45, 2.75) is 6.42 Å². The van der Waals surface area contributed by atoms with Gasteiger partial charge in [-0.1, -0.05) is 46.3 Å². The highest BCUT2D eigenvalue weighted by Crippen LogP contribution is 2.26. The Labute approximate surface area is 179 Å². The van der Waals surface area contributed by atoms with Crippen LogP contribution in [0.25, 0.3) is 22.2 Å². The van der Waals surface area contributed by atoms with Gasteiger partial charge in [0.25, 0.3) is 5.91 Å². The third-order valence-electron chi connectivity index (χ3n) is 5.29. The van der Waals surface area contributed by atoms with E-state index in [-0.39, 0.29) is 5.91 Å². The SMILES string of the molecule is O=C(NCCC[NH+]1CCOCC1)c1cc(-c2ccc(Br)cc2)nc2ccccc12. The molecule has 150 valence electrons. The van der Waals surface area contributed by atoms with Crippen LogP contribution in [0.5, 0.6) is 0 Å². The third-order valence-corrected chi connectivity index (χ3v) is 5.82. The highest BCUT2D eigenvalue weighted by molar-refractivity contribution is 9.10. The van der Waals surface area contributed by atoms with Crippen molar-refractivity contribution >= 4 is 32.7 Å². The van der Waals surface area contributed by atoms with Gasteiger partial charge in [-0.05, 0) is 24.3 Å². The predicted molar refractivity (Wildman–Crippen MR) is 118 cm³/mol. The van der Waals surface area contributed by atoms with Crippen LogP contribution in [0.3, 0.4) is 0 Å². The van der Waals surface area contributed by atoms with Crippen molar-refractivity contribution in [2.24, 2.45) is 0 Å². The number of hydrogen-bond acceptors (Lipinski definition) is 3. The number of ether oxygens (including phenoxy) is 1. The van der Waals surface area contributed by atoms with Crippen LogP contribution in [0.1, 0.15) is 16.8 Å². The summed E-state index contributed by atoms with van der Waals surface area (Å²) >= 11 is 3.47. The molecule has 1 saturated heterocycles. The second-order valence-corrected chi connectivity index (χ2v) is 8.22. The lowest BCUT2D eigenvalue weighted by molar-refractivity contribution is -0.908. The summed E-state index contributed by atoms with van der Waals surface area (Å²) in [5.74, 6) is -0.0426. The van der Waals surface area contributed by atoms with E-state index >= 15 is 0 Å². The van der Waals surface area contributed by atoms with Gasteiger partial charge in [0.2, 0.25) is 0 Å². The number of para-hydroxylation sites is 1. The Hall–Kier alpha value is -2.28. The summed E-state index contributed by atoms with van der Waals surface area (Å²) in [6.07, 6.45) is 0.962. The first-order chi connectivity index (χ1) is 14.2. The topological polar surface area (TPSA) is 55.7 Å². The molecule has 1 aliphatic rings. The summed E-state index contributed by atoms with van der Waals surface area (Å²) in [5.41, 5.74) is 3.30. The molecule has 0 spiro atoms. The molecule has 1 aromatic heterocycles. The van der Waals surface area contributed by atoms with Crippen molar-refractivity contribution in [1.82, 2.24) is 10.3 Å². The third kappa shape index (κ3) is 5.01. The first-order valence-electron chi connectivity index (χ1n) is 10.1. The fraction of sp³-hybridized carbons (Fsp3) is 0.304. The van der Waals surface area contributed by atoms with Crippen LogP contribution in [-0.4, -0.2) is 50.3 Å². The summed E-state index contributed by atoms with van der Waals surface area (Å²) < 4.78 is 6.41. The number of carbonyl (C=O) groups excluding carboxylic acids is 1. The van der Waals surface area contributed by atoms with E-state index in [1.54, 1.807) is 4.90 Å². The van der Waals surface area contributed by atoms with Gasteiger partial charge in [-0.25, -0.2) is 4.98 Å². The zero-order valence-electron chi connectivity index (χ0n) is 16.3. The molecule has 0 radical (unpaired) electrons. The van der Waals surface area contributed by atoms with Crippen LogP contribution >= 0.6 is 15.9 Å². The zero-order chi connectivity index (χ0) is 20.1. The van der Waals surface area contributed by atoms with Crippen LogP contribution < -0.4 is 10.2 Å². The number of carbonyl (C=O) groups is 1. The highest BCUT2D eigenvalue weighted by Gasteiger charge is 2.15. The minimum absolute atomic E-state index is 0.0426. The molecular formula is C23H25BrN3O2+. The van der Waals surface area contributed by atoms with Crippen molar-refractivity contribution in [1.29, 1.82) is 0 Å². The van der Waals surface area contributed by atoms with Gasteiger partial charge in [0.05, 0.1) is 36.5 Å². The molecule has 3 aromatic rings. The molecule has 0 atom stereocenters. The molecule has 6 heteroatoms. The van der Waals surface area contributed by atoms with E-state index in [1.807, 2.05) is 54.6 Å². The van der Waals surface area contributed by atoms with E-state index < -0.39 is 0 Å². The lowest BCUT2D eigenvalue weighted by Gasteiger charge is -2.23. The number of nitrogens with one attached hydrogen (secondary N) is 2. The minimum atomic E-state index is -0.0426. The van der Waals surface area contributed by atoms with E-state index in [0.29, 0.717) is 12.1 Å². The van der Waals surface area contributed by atoms with Crippen molar-refractivity contribution in [3.8, 4) is 11.3 Å². The number of aromatic nitrogens is 1. The molecule has 1 amide bonds. The van der Waals surface area contributed by atoms with E-state index in [0.717, 1.165) is 65.9 Å². The summed E-state index contributed by atoms with van der Waals surface area (Å²) in [6, 6.07) is 17.7. The van der Waals surface area contributed by atoms with E-state index in [9.17, 15) is 4.79 Å².